The predicted molar refractivity (Wildman–Crippen MR) is 114 cm³/mol. The summed E-state index contributed by atoms with van der Waals surface area (Å²) in [5.41, 5.74) is 2.02. The summed E-state index contributed by atoms with van der Waals surface area (Å²) in [5.74, 6) is 0.116. The average molecular weight is 436 g/mol. The zero-order valence-electron chi connectivity index (χ0n) is 16.4. The summed E-state index contributed by atoms with van der Waals surface area (Å²) in [7, 11) is -3.69. The number of carbonyl (C=O) groups excluding carboxylic acids is 1. The molecular formula is C21H26ClN3O3S. The van der Waals surface area contributed by atoms with Crippen LogP contribution in [-0.2, 0) is 21.2 Å². The summed E-state index contributed by atoms with van der Waals surface area (Å²) in [6.45, 7) is 5.14. The van der Waals surface area contributed by atoms with Crippen molar-refractivity contribution in [2.75, 3.05) is 26.2 Å². The molecule has 156 valence electrons. The Labute approximate surface area is 177 Å². The molecule has 2 aromatic rings. The number of carbonyl (C=O) groups is 1. The lowest BCUT2D eigenvalue weighted by Crippen LogP contribution is -2.49. The molecule has 0 radical (unpaired) electrons. The molecule has 1 heterocycles. The van der Waals surface area contributed by atoms with E-state index in [4.69, 9.17) is 16.7 Å². The Balaban J connectivity index is 1.49. The maximum absolute atomic E-state index is 12.6. The highest BCUT2D eigenvalue weighted by molar-refractivity contribution is 7.89. The van der Waals surface area contributed by atoms with Gasteiger partial charge < -0.3 is 4.90 Å². The fourth-order valence-electron chi connectivity index (χ4n) is 3.62. The summed E-state index contributed by atoms with van der Waals surface area (Å²) in [5, 5.41) is 5.87. The van der Waals surface area contributed by atoms with Gasteiger partial charge in [-0.15, -0.1) is 0 Å². The summed E-state index contributed by atoms with van der Waals surface area (Å²) < 4.78 is 22.6. The summed E-state index contributed by atoms with van der Waals surface area (Å²) in [6.07, 6.45) is 0.967. The van der Waals surface area contributed by atoms with Crippen molar-refractivity contribution >= 4 is 27.5 Å². The number of nitrogens with zero attached hydrogens (tertiary/aromatic N) is 2. The zero-order chi connectivity index (χ0) is 21.0. The smallest absolute Gasteiger partial charge is 0.238 e. The lowest BCUT2D eigenvalue weighted by atomic mass is 10.1. The molecular weight excluding hydrogens is 410 g/mol. The molecule has 0 saturated carbocycles. The minimum Gasteiger partial charge on any atom is -0.340 e. The van der Waals surface area contributed by atoms with Gasteiger partial charge in [0.25, 0.3) is 0 Å². The topological polar surface area (TPSA) is 83.7 Å². The zero-order valence-corrected chi connectivity index (χ0v) is 18.0. The van der Waals surface area contributed by atoms with Gasteiger partial charge in [-0.25, -0.2) is 13.6 Å². The first-order chi connectivity index (χ1) is 13.8. The van der Waals surface area contributed by atoms with Crippen LogP contribution in [0.3, 0.4) is 0 Å². The maximum atomic E-state index is 12.6. The number of sulfonamides is 1. The van der Waals surface area contributed by atoms with Crippen molar-refractivity contribution in [3.8, 4) is 0 Å². The van der Waals surface area contributed by atoms with Crippen LogP contribution in [0.1, 0.15) is 30.5 Å². The average Bonchev–Trinajstić information content (AvgIpc) is 2.71. The van der Waals surface area contributed by atoms with E-state index in [0.717, 1.165) is 29.2 Å². The van der Waals surface area contributed by atoms with Gasteiger partial charge in [-0.2, -0.15) is 0 Å². The van der Waals surface area contributed by atoms with Gasteiger partial charge in [0.2, 0.25) is 15.9 Å². The second-order valence-corrected chi connectivity index (χ2v) is 9.27. The molecule has 1 aliphatic heterocycles. The van der Waals surface area contributed by atoms with Crippen LogP contribution in [0.5, 0.6) is 0 Å². The van der Waals surface area contributed by atoms with Crippen molar-refractivity contribution in [2.45, 2.75) is 30.7 Å². The molecule has 0 aromatic heterocycles. The predicted octanol–water partition coefficient (Wildman–Crippen LogP) is 2.83. The minimum atomic E-state index is -3.69. The number of hydrogen-bond acceptors (Lipinski definition) is 4. The summed E-state index contributed by atoms with van der Waals surface area (Å²) in [6, 6.07) is 14.4. The second-order valence-electron chi connectivity index (χ2n) is 7.30. The number of aryl methyl sites for hydroxylation is 1. The van der Waals surface area contributed by atoms with Gasteiger partial charge in [0.15, 0.2) is 0 Å². The van der Waals surface area contributed by atoms with E-state index >= 15 is 0 Å². The monoisotopic (exact) mass is 435 g/mol. The van der Waals surface area contributed by atoms with Gasteiger partial charge in [-0.3, -0.25) is 9.69 Å². The quantitative estimate of drug-likeness (QED) is 0.756. The molecule has 1 amide bonds. The fourth-order valence-corrected chi connectivity index (χ4v) is 4.43. The number of rotatable bonds is 6. The molecule has 0 bridgehead atoms. The minimum absolute atomic E-state index is 0.0799. The van der Waals surface area contributed by atoms with Crippen molar-refractivity contribution in [1.82, 2.24) is 9.80 Å². The van der Waals surface area contributed by atoms with Gasteiger partial charge in [-0.05, 0) is 42.7 Å². The highest BCUT2D eigenvalue weighted by atomic mass is 35.5. The van der Waals surface area contributed by atoms with Crippen LogP contribution < -0.4 is 5.14 Å². The van der Waals surface area contributed by atoms with Crippen LogP contribution in [0.25, 0.3) is 0 Å². The Morgan fingerprint density at radius 3 is 2.28 bits per heavy atom. The maximum Gasteiger partial charge on any atom is 0.238 e. The van der Waals surface area contributed by atoms with Crippen LogP contribution in [-0.4, -0.2) is 50.3 Å². The first-order valence-electron chi connectivity index (χ1n) is 9.63. The SMILES string of the molecule is C[C@H](c1ccccc1Cl)N1CCN(C(=O)CCc2ccc(S(N)(=O)=O)cc2)CC1. The van der Waals surface area contributed by atoms with Gasteiger partial charge in [0.1, 0.15) is 0 Å². The van der Waals surface area contributed by atoms with E-state index < -0.39 is 10.0 Å². The standard InChI is InChI=1S/C21H26ClN3O3S/c1-16(19-4-2-3-5-20(19)22)24-12-14-25(15-13-24)21(26)11-8-17-6-9-18(10-7-17)29(23,27)28/h2-7,9-10,16H,8,11-15H2,1H3,(H2,23,27,28)/t16-/m1/s1. The van der Waals surface area contributed by atoms with E-state index in [1.807, 2.05) is 29.2 Å². The highest BCUT2D eigenvalue weighted by Crippen LogP contribution is 2.27. The van der Waals surface area contributed by atoms with Crippen molar-refractivity contribution < 1.29 is 13.2 Å². The van der Waals surface area contributed by atoms with Crippen LogP contribution in [0.2, 0.25) is 5.02 Å². The Morgan fingerprint density at radius 1 is 1.07 bits per heavy atom. The number of halogens is 1. The number of piperazine rings is 1. The highest BCUT2D eigenvalue weighted by Gasteiger charge is 2.25. The van der Waals surface area contributed by atoms with Crippen LogP contribution in [0.15, 0.2) is 53.4 Å². The Morgan fingerprint density at radius 2 is 1.69 bits per heavy atom. The Kier molecular flexibility index (Phi) is 6.95. The fraction of sp³-hybridized carbons (Fsp3) is 0.381. The Bertz CT molecular complexity index is 955. The third-order valence-electron chi connectivity index (χ3n) is 5.45. The van der Waals surface area contributed by atoms with Crippen LogP contribution in [0, 0.1) is 0 Å². The molecule has 1 aliphatic rings. The van der Waals surface area contributed by atoms with Crippen molar-refractivity contribution in [1.29, 1.82) is 0 Å². The number of amides is 1. The molecule has 29 heavy (non-hydrogen) atoms. The number of nitrogens with two attached hydrogens (primary N) is 1. The van der Waals surface area contributed by atoms with Crippen molar-refractivity contribution in [3.63, 3.8) is 0 Å². The second kappa shape index (κ2) is 9.26. The first kappa shape index (κ1) is 21.8. The largest absolute Gasteiger partial charge is 0.340 e. The molecule has 3 rings (SSSR count). The molecule has 0 spiro atoms. The van der Waals surface area contributed by atoms with Crippen molar-refractivity contribution in [3.05, 3.63) is 64.7 Å². The third kappa shape index (κ3) is 5.57. The number of primary sulfonamides is 1. The van der Waals surface area contributed by atoms with E-state index in [0.29, 0.717) is 25.9 Å². The van der Waals surface area contributed by atoms with Crippen LogP contribution >= 0.6 is 11.6 Å². The molecule has 0 unspecified atom stereocenters. The third-order valence-corrected chi connectivity index (χ3v) is 6.72. The normalized spacial score (nSPS) is 16.6. The summed E-state index contributed by atoms with van der Waals surface area (Å²) in [4.78, 5) is 16.9. The van der Waals surface area contributed by atoms with E-state index in [2.05, 4.69) is 11.8 Å². The van der Waals surface area contributed by atoms with E-state index in [9.17, 15) is 13.2 Å². The summed E-state index contributed by atoms with van der Waals surface area (Å²) >= 11 is 6.32. The van der Waals surface area contributed by atoms with E-state index in [-0.39, 0.29) is 16.8 Å². The van der Waals surface area contributed by atoms with Gasteiger partial charge in [0.05, 0.1) is 4.90 Å². The van der Waals surface area contributed by atoms with Crippen molar-refractivity contribution in [2.24, 2.45) is 5.14 Å². The number of benzene rings is 2. The molecule has 2 N–H and O–H groups in total. The molecule has 1 saturated heterocycles. The first-order valence-corrected chi connectivity index (χ1v) is 11.6. The molecule has 0 aliphatic carbocycles. The lowest BCUT2D eigenvalue weighted by molar-refractivity contribution is -0.133. The number of hydrogen-bond donors (Lipinski definition) is 1. The molecule has 1 fully saturated rings. The lowest BCUT2D eigenvalue weighted by Gasteiger charge is -2.38. The Hall–Kier alpha value is -1.93. The molecule has 1 atom stereocenters. The van der Waals surface area contributed by atoms with Gasteiger partial charge in [0, 0.05) is 43.7 Å². The van der Waals surface area contributed by atoms with E-state index in [1.54, 1.807) is 12.1 Å². The van der Waals surface area contributed by atoms with Gasteiger partial charge >= 0.3 is 0 Å². The van der Waals surface area contributed by atoms with E-state index in [1.165, 1.54) is 12.1 Å². The van der Waals surface area contributed by atoms with Gasteiger partial charge in [-0.1, -0.05) is 41.9 Å². The molecule has 8 heteroatoms. The molecule has 6 nitrogen and oxygen atoms in total. The van der Waals surface area contributed by atoms with Crippen LogP contribution in [0.4, 0.5) is 0 Å². The molecule has 2 aromatic carbocycles.